The Balaban J connectivity index is 1.75. The molecule has 0 saturated carbocycles. The number of halogens is 1. The summed E-state index contributed by atoms with van der Waals surface area (Å²) in [5.41, 5.74) is 4.98. The van der Waals surface area contributed by atoms with Crippen LogP contribution in [0.25, 0.3) is 0 Å². The fourth-order valence-electron chi connectivity index (χ4n) is 2.21. The fourth-order valence-corrected chi connectivity index (χ4v) is 2.34. The molecule has 146 valence electrons. The highest BCUT2D eigenvalue weighted by Crippen LogP contribution is 2.29. The number of ether oxygens (including phenoxy) is 1. The first-order valence-corrected chi connectivity index (χ1v) is 8.87. The third kappa shape index (κ3) is 5.60. The number of carbonyl (C=O) groups excluding carboxylic acids is 1. The number of nitrogens with zero attached hydrogens (tertiary/aromatic N) is 4. The zero-order valence-electron chi connectivity index (χ0n) is 15.5. The van der Waals surface area contributed by atoms with Crippen molar-refractivity contribution in [3.8, 4) is 11.6 Å². The molecule has 3 aromatic rings. The summed E-state index contributed by atoms with van der Waals surface area (Å²) >= 11 is 6.15. The number of carbonyl (C=O) groups is 1. The van der Waals surface area contributed by atoms with Gasteiger partial charge >= 0.3 is 0 Å². The zero-order valence-corrected chi connectivity index (χ0v) is 16.2. The molecule has 2 heterocycles. The van der Waals surface area contributed by atoms with Gasteiger partial charge in [-0.3, -0.25) is 9.78 Å². The SMILES string of the molecule is C=CC(=O)Nc1cccc(Oc2nc(N/N=C(\C)c3ccncc3)ncc2Cl)c1. The Morgan fingerprint density at radius 2 is 2.07 bits per heavy atom. The highest BCUT2D eigenvalue weighted by Gasteiger charge is 2.09. The van der Waals surface area contributed by atoms with Crippen LogP contribution in [-0.4, -0.2) is 26.6 Å². The second-order valence-electron chi connectivity index (χ2n) is 5.71. The molecule has 0 aliphatic heterocycles. The third-order valence-corrected chi connectivity index (χ3v) is 3.89. The Bertz CT molecular complexity index is 1060. The van der Waals surface area contributed by atoms with Crippen LogP contribution in [0.2, 0.25) is 5.02 Å². The summed E-state index contributed by atoms with van der Waals surface area (Å²) in [4.78, 5) is 23.8. The number of hydrogen-bond acceptors (Lipinski definition) is 7. The Morgan fingerprint density at radius 3 is 2.83 bits per heavy atom. The second-order valence-corrected chi connectivity index (χ2v) is 6.12. The number of aromatic nitrogens is 3. The first-order valence-electron chi connectivity index (χ1n) is 8.49. The van der Waals surface area contributed by atoms with Gasteiger partial charge in [0.15, 0.2) is 0 Å². The van der Waals surface area contributed by atoms with Crippen molar-refractivity contribution in [2.75, 3.05) is 10.7 Å². The molecule has 0 bridgehead atoms. The van der Waals surface area contributed by atoms with E-state index in [1.165, 1.54) is 12.3 Å². The molecule has 0 aliphatic rings. The van der Waals surface area contributed by atoms with Gasteiger partial charge in [0.25, 0.3) is 0 Å². The number of nitrogens with one attached hydrogen (secondary N) is 2. The van der Waals surface area contributed by atoms with E-state index < -0.39 is 0 Å². The minimum atomic E-state index is -0.323. The van der Waals surface area contributed by atoms with Crippen LogP contribution in [0.15, 0.2) is 72.7 Å². The Labute approximate surface area is 172 Å². The lowest BCUT2D eigenvalue weighted by Gasteiger charge is -2.09. The van der Waals surface area contributed by atoms with Gasteiger partial charge in [-0.15, -0.1) is 0 Å². The number of benzene rings is 1. The molecule has 0 aliphatic carbocycles. The van der Waals surface area contributed by atoms with E-state index in [-0.39, 0.29) is 22.8 Å². The number of rotatable bonds is 7. The van der Waals surface area contributed by atoms with E-state index in [9.17, 15) is 4.79 Å². The molecule has 1 amide bonds. The van der Waals surface area contributed by atoms with E-state index in [2.05, 4.69) is 37.4 Å². The third-order valence-electron chi connectivity index (χ3n) is 3.64. The van der Waals surface area contributed by atoms with Crippen molar-refractivity contribution in [3.05, 3.63) is 78.2 Å². The largest absolute Gasteiger partial charge is 0.437 e. The van der Waals surface area contributed by atoms with Crippen LogP contribution in [0.5, 0.6) is 11.6 Å². The van der Waals surface area contributed by atoms with Crippen molar-refractivity contribution < 1.29 is 9.53 Å². The summed E-state index contributed by atoms with van der Waals surface area (Å²) in [5.74, 6) is 0.480. The summed E-state index contributed by atoms with van der Waals surface area (Å²) in [5, 5.41) is 7.14. The Morgan fingerprint density at radius 1 is 1.28 bits per heavy atom. The zero-order chi connectivity index (χ0) is 20.6. The monoisotopic (exact) mass is 408 g/mol. The fraction of sp³-hybridized carbons (Fsp3) is 0.0500. The van der Waals surface area contributed by atoms with Crippen LogP contribution in [0, 0.1) is 0 Å². The van der Waals surface area contributed by atoms with Crippen LogP contribution < -0.4 is 15.5 Å². The second kappa shape index (κ2) is 9.43. The minimum absolute atomic E-state index is 0.146. The van der Waals surface area contributed by atoms with Gasteiger partial charge in [-0.05, 0) is 37.3 Å². The number of amides is 1. The topological polar surface area (TPSA) is 101 Å². The van der Waals surface area contributed by atoms with Gasteiger partial charge in [0.1, 0.15) is 10.8 Å². The maximum absolute atomic E-state index is 11.4. The van der Waals surface area contributed by atoms with Gasteiger partial charge < -0.3 is 10.1 Å². The molecule has 1 aromatic carbocycles. The lowest BCUT2D eigenvalue weighted by molar-refractivity contribution is -0.111. The van der Waals surface area contributed by atoms with Crippen LogP contribution in [0.3, 0.4) is 0 Å². The summed E-state index contributed by atoms with van der Waals surface area (Å²) in [6, 6.07) is 10.5. The minimum Gasteiger partial charge on any atom is -0.437 e. The van der Waals surface area contributed by atoms with Crippen molar-refractivity contribution in [1.29, 1.82) is 0 Å². The van der Waals surface area contributed by atoms with Crippen LogP contribution >= 0.6 is 11.6 Å². The highest BCUT2D eigenvalue weighted by molar-refractivity contribution is 6.31. The Hall–Kier alpha value is -3.78. The quantitative estimate of drug-likeness (QED) is 0.344. The Kier molecular flexibility index (Phi) is 6.49. The van der Waals surface area contributed by atoms with Gasteiger partial charge in [-0.1, -0.05) is 24.2 Å². The molecule has 0 spiro atoms. The maximum Gasteiger partial charge on any atom is 0.247 e. The molecule has 0 saturated heterocycles. The number of hydrazone groups is 1. The van der Waals surface area contributed by atoms with Crippen LogP contribution in [-0.2, 0) is 4.79 Å². The van der Waals surface area contributed by atoms with Gasteiger partial charge in [-0.2, -0.15) is 10.1 Å². The van der Waals surface area contributed by atoms with Crippen LogP contribution in [0.1, 0.15) is 12.5 Å². The molecule has 0 radical (unpaired) electrons. The molecule has 3 rings (SSSR count). The molecule has 0 fully saturated rings. The maximum atomic E-state index is 11.4. The summed E-state index contributed by atoms with van der Waals surface area (Å²) < 4.78 is 5.74. The van der Waals surface area contributed by atoms with E-state index >= 15 is 0 Å². The predicted octanol–water partition coefficient (Wildman–Crippen LogP) is 4.28. The summed E-state index contributed by atoms with van der Waals surface area (Å²) in [6.07, 6.45) is 5.96. The first kappa shape index (κ1) is 20.0. The van der Waals surface area contributed by atoms with Crippen molar-refractivity contribution in [2.24, 2.45) is 5.10 Å². The molecular weight excluding hydrogens is 392 g/mol. The van der Waals surface area contributed by atoms with Crippen molar-refractivity contribution in [1.82, 2.24) is 15.0 Å². The van der Waals surface area contributed by atoms with Gasteiger partial charge in [0, 0.05) is 29.7 Å². The highest BCUT2D eigenvalue weighted by atomic mass is 35.5. The van der Waals surface area contributed by atoms with E-state index in [0.717, 1.165) is 11.3 Å². The number of hydrogen-bond donors (Lipinski definition) is 2. The number of anilines is 2. The van der Waals surface area contributed by atoms with E-state index in [1.807, 2.05) is 19.1 Å². The van der Waals surface area contributed by atoms with Gasteiger partial charge in [0.05, 0.1) is 11.9 Å². The summed E-state index contributed by atoms with van der Waals surface area (Å²) in [6.45, 7) is 5.26. The average Bonchev–Trinajstić information content (AvgIpc) is 2.75. The predicted molar refractivity (Wildman–Crippen MR) is 112 cm³/mol. The van der Waals surface area contributed by atoms with Gasteiger partial charge in [-0.25, -0.2) is 10.4 Å². The molecule has 2 N–H and O–H groups in total. The van der Waals surface area contributed by atoms with Crippen molar-refractivity contribution >= 4 is 34.9 Å². The molecule has 9 heteroatoms. The molecular formula is C20H17ClN6O2. The van der Waals surface area contributed by atoms with Crippen molar-refractivity contribution in [2.45, 2.75) is 6.92 Å². The molecule has 8 nitrogen and oxygen atoms in total. The van der Waals surface area contributed by atoms with Crippen LogP contribution in [0.4, 0.5) is 11.6 Å². The summed E-state index contributed by atoms with van der Waals surface area (Å²) in [7, 11) is 0. The molecule has 2 aromatic heterocycles. The smallest absolute Gasteiger partial charge is 0.247 e. The average molecular weight is 409 g/mol. The molecule has 0 atom stereocenters. The molecule has 29 heavy (non-hydrogen) atoms. The normalized spacial score (nSPS) is 10.9. The van der Waals surface area contributed by atoms with E-state index in [4.69, 9.17) is 16.3 Å². The lowest BCUT2D eigenvalue weighted by atomic mass is 10.2. The standard InChI is InChI=1S/C20H17ClN6O2/c1-3-18(28)24-15-5-4-6-16(11-15)29-19-17(21)12-23-20(25-19)27-26-13(2)14-7-9-22-10-8-14/h3-12H,1H2,2H3,(H,24,28)(H,23,25,27)/b26-13+. The number of pyridine rings is 1. The molecule has 0 unspecified atom stereocenters. The van der Waals surface area contributed by atoms with Gasteiger partial charge in [0.2, 0.25) is 17.7 Å². The van der Waals surface area contributed by atoms with Crippen molar-refractivity contribution in [3.63, 3.8) is 0 Å². The first-order chi connectivity index (χ1) is 14.0. The van der Waals surface area contributed by atoms with E-state index in [1.54, 1.807) is 36.7 Å². The van der Waals surface area contributed by atoms with E-state index in [0.29, 0.717) is 11.4 Å². The lowest BCUT2D eigenvalue weighted by Crippen LogP contribution is -2.07.